The molecule has 4 aromatic rings. The number of carbonyl (C=O) groups excluding carboxylic acids is 2. The smallest absolute Gasteiger partial charge is 0.327 e. The number of hydrogen-bond donors (Lipinski definition) is 1. The van der Waals surface area contributed by atoms with Crippen LogP contribution in [0.15, 0.2) is 72.8 Å². The molecule has 1 amide bonds. The molecule has 0 aliphatic rings. The number of fused-ring (bicyclic) bond motifs is 1. The lowest BCUT2D eigenvalue weighted by Gasteiger charge is -2.19. The van der Waals surface area contributed by atoms with Crippen molar-refractivity contribution in [2.24, 2.45) is 0 Å². The standard InChI is InChI=1S/C24H19ClN4O5/c1-15-26-20-9-5-6-10-21(20)28(15)14-22(30)34-23(16-7-3-2-4-8-16)24(31)27-19-12-11-17(29(32)33)13-18(19)25/h2-13,23H,14H2,1H3,(H,27,31). The summed E-state index contributed by atoms with van der Waals surface area (Å²) in [5.74, 6) is -0.649. The number of rotatable bonds is 7. The molecule has 0 spiro atoms. The number of nitrogens with zero attached hydrogens (tertiary/aromatic N) is 3. The Hall–Kier alpha value is -4.24. The third-order valence-corrected chi connectivity index (χ3v) is 5.46. The number of benzene rings is 3. The molecule has 1 heterocycles. The van der Waals surface area contributed by atoms with Crippen LogP contribution in [-0.4, -0.2) is 26.4 Å². The topological polar surface area (TPSA) is 116 Å². The number of imidazole rings is 1. The third kappa shape index (κ3) is 4.89. The van der Waals surface area contributed by atoms with E-state index in [1.54, 1.807) is 41.8 Å². The van der Waals surface area contributed by atoms with Gasteiger partial charge in [-0.2, -0.15) is 0 Å². The van der Waals surface area contributed by atoms with Gasteiger partial charge in [-0.15, -0.1) is 0 Å². The number of nitrogens with one attached hydrogen (secondary N) is 1. The molecule has 0 saturated carbocycles. The van der Waals surface area contributed by atoms with Gasteiger partial charge in [-0.1, -0.05) is 54.1 Å². The first-order chi connectivity index (χ1) is 16.3. The van der Waals surface area contributed by atoms with E-state index in [2.05, 4.69) is 10.3 Å². The predicted octanol–water partition coefficient (Wildman–Crippen LogP) is 4.83. The van der Waals surface area contributed by atoms with Crippen LogP contribution in [0.25, 0.3) is 11.0 Å². The van der Waals surface area contributed by atoms with Gasteiger partial charge in [-0.05, 0) is 25.1 Å². The third-order valence-electron chi connectivity index (χ3n) is 5.14. The van der Waals surface area contributed by atoms with Crippen LogP contribution in [-0.2, 0) is 20.9 Å². The summed E-state index contributed by atoms with van der Waals surface area (Å²) in [5.41, 5.74) is 1.93. The van der Waals surface area contributed by atoms with Crippen molar-refractivity contribution < 1.29 is 19.2 Å². The Balaban J connectivity index is 1.57. The van der Waals surface area contributed by atoms with Crippen LogP contribution < -0.4 is 5.32 Å². The molecule has 1 N–H and O–H groups in total. The van der Waals surface area contributed by atoms with Gasteiger partial charge in [0.1, 0.15) is 12.4 Å². The van der Waals surface area contributed by atoms with Crippen LogP contribution in [0.5, 0.6) is 0 Å². The van der Waals surface area contributed by atoms with Gasteiger partial charge < -0.3 is 14.6 Å². The number of carbonyl (C=O) groups is 2. The fourth-order valence-electron chi connectivity index (χ4n) is 3.51. The molecule has 1 aromatic heterocycles. The average Bonchev–Trinajstić information content (AvgIpc) is 3.14. The van der Waals surface area contributed by atoms with E-state index in [9.17, 15) is 19.7 Å². The molecule has 0 saturated heterocycles. The van der Waals surface area contributed by atoms with E-state index in [0.717, 1.165) is 17.1 Å². The Bertz CT molecular complexity index is 1390. The van der Waals surface area contributed by atoms with Gasteiger partial charge >= 0.3 is 5.97 Å². The summed E-state index contributed by atoms with van der Waals surface area (Å²) >= 11 is 6.10. The first-order valence-electron chi connectivity index (χ1n) is 10.2. The van der Waals surface area contributed by atoms with E-state index >= 15 is 0 Å². The number of non-ortho nitro benzene ring substituents is 1. The first kappa shape index (κ1) is 22.9. The SMILES string of the molecule is Cc1nc2ccccc2n1CC(=O)OC(C(=O)Nc1ccc([N+](=O)[O-])cc1Cl)c1ccccc1. The Kier molecular flexibility index (Phi) is 6.55. The molecule has 4 rings (SSSR count). The van der Waals surface area contributed by atoms with Crippen LogP contribution in [0.1, 0.15) is 17.5 Å². The summed E-state index contributed by atoms with van der Waals surface area (Å²) < 4.78 is 7.31. The number of aromatic nitrogens is 2. The maximum Gasteiger partial charge on any atom is 0.327 e. The predicted molar refractivity (Wildman–Crippen MR) is 126 cm³/mol. The summed E-state index contributed by atoms with van der Waals surface area (Å²) in [6.45, 7) is 1.65. The molecule has 172 valence electrons. The van der Waals surface area contributed by atoms with Crippen LogP contribution in [0.4, 0.5) is 11.4 Å². The number of esters is 1. The van der Waals surface area contributed by atoms with Crippen LogP contribution in [0.2, 0.25) is 5.02 Å². The van der Waals surface area contributed by atoms with Gasteiger partial charge in [-0.25, -0.2) is 4.98 Å². The van der Waals surface area contributed by atoms with E-state index < -0.39 is 22.9 Å². The number of nitro groups is 1. The number of anilines is 1. The normalized spacial score (nSPS) is 11.7. The van der Waals surface area contributed by atoms with Crippen molar-refractivity contribution in [3.05, 3.63) is 99.3 Å². The zero-order chi connectivity index (χ0) is 24.2. The molecular weight excluding hydrogens is 460 g/mol. The zero-order valence-electron chi connectivity index (χ0n) is 18.0. The van der Waals surface area contributed by atoms with Gasteiger partial charge in [0.25, 0.3) is 11.6 Å². The second-order valence-electron chi connectivity index (χ2n) is 7.42. The van der Waals surface area contributed by atoms with Crippen molar-refractivity contribution in [2.45, 2.75) is 19.6 Å². The minimum atomic E-state index is -1.27. The van der Waals surface area contributed by atoms with E-state index in [4.69, 9.17) is 16.3 Å². The van der Waals surface area contributed by atoms with Crippen LogP contribution in [0.3, 0.4) is 0 Å². The van der Waals surface area contributed by atoms with E-state index in [0.29, 0.717) is 11.4 Å². The highest BCUT2D eigenvalue weighted by Gasteiger charge is 2.26. The van der Waals surface area contributed by atoms with Crippen molar-refractivity contribution in [1.82, 2.24) is 9.55 Å². The first-order valence-corrected chi connectivity index (χ1v) is 10.6. The summed E-state index contributed by atoms with van der Waals surface area (Å²) in [4.78, 5) is 40.8. The van der Waals surface area contributed by atoms with E-state index in [1.165, 1.54) is 12.1 Å². The number of ether oxygens (including phenoxy) is 1. The van der Waals surface area contributed by atoms with Crippen LogP contribution in [0, 0.1) is 17.0 Å². The fraction of sp³-hybridized carbons (Fsp3) is 0.125. The average molecular weight is 479 g/mol. The van der Waals surface area contributed by atoms with Gasteiger partial charge in [0.2, 0.25) is 6.10 Å². The molecule has 0 fully saturated rings. The lowest BCUT2D eigenvalue weighted by molar-refractivity contribution is -0.384. The molecule has 1 unspecified atom stereocenters. The quantitative estimate of drug-likeness (QED) is 0.231. The number of halogens is 1. The molecule has 9 nitrogen and oxygen atoms in total. The molecule has 10 heteroatoms. The number of nitro benzene ring substituents is 1. The highest BCUT2D eigenvalue weighted by Crippen LogP contribution is 2.28. The molecule has 0 aliphatic carbocycles. The maximum absolute atomic E-state index is 13.1. The second kappa shape index (κ2) is 9.72. The zero-order valence-corrected chi connectivity index (χ0v) is 18.7. The maximum atomic E-state index is 13.1. The molecular formula is C24H19ClN4O5. The Labute approximate surface area is 199 Å². The highest BCUT2D eigenvalue weighted by atomic mass is 35.5. The van der Waals surface area contributed by atoms with E-state index in [-0.39, 0.29) is 22.9 Å². The number of hydrogen-bond acceptors (Lipinski definition) is 6. The molecule has 0 radical (unpaired) electrons. The molecule has 1 atom stereocenters. The van der Waals surface area contributed by atoms with Crippen molar-refractivity contribution in [3.8, 4) is 0 Å². The molecule has 3 aromatic carbocycles. The van der Waals surface area contributed by atoms with Crippen LogP contribution >= 0.6 is 11.6 Å². The molecule has 0 aliphatic heterocycles. The lowest BCUT2D eigenvalue weighted by atomic mass is 10.1. The van der Waals surface area contributed by atoms with Gasteiger partial charge in [-0.3, -0.25) is 19.7 Å². The number of para-hydroxylation sites is 2. The van der Waals surface area contributed by atoms with E-state index in [1.807, 2.05) is 24.3 Å². The highest BCUT2D eigenvalue weighted by molar-refractivity contribution is 6.34. The summed E-state index contributed by atoms with van der Waals surface area (Å²) in [5, 5.41) is 13.5. The fourth-order valence-corrected chi connectivity index (χ4v) is 3.73. The minimum absolute atomic E-state index is 0.0128. The largest absolute Gasteiger partial charge is 0.446 e. The summed E-state index contributed by atoms with van der Waals surface area (Å²) in [6, 6.07) is 19.6. The summed E-state index contributed by atoms with van der Waals surface area (Å²) in [6.07, 6.45) is -1.27. The van der Waals surface area contributed by atoms with Crippen molar-refractivity contribution >= 4 is 45.9 Å². The van der Waals surface area contributed by atoms with Gasteiger partial charge in [0.15, 0.2) is 0 Å². The second-order valence-corrected chi connectivity index (χ2v) is 7.83. The van der Waals surface area contributed by atoms with Crippen molar-refractivity contribution in [3.63, 3.8) is 0 Å². The minimum Gasteiger partial charge on any atom is -0.446 e. The number of amides is 1. The Morgan fingerprint density at radius 1 is 1.12 bits per heavy atom. The Morgan fingerprint density at radius 3 is 2.53 bits per heavy atom. The van der Waals surface area contributed by atoms with Crippen molar-refractivity contribution in [2.75, 3.05) is 5.32 Å². The monoisotopic (exact) mass is 478 g/mol. The van der Waals surface area contributed by atoms with Gasteiger partial charge in [0.05, 0.1) is 26.7 Å². The Morgan fingerprint density at radius 2 is 1.82 bits per heavy atom. The van der Waals surface area contributed by atoms with Crippen molar-refractivity contribution in [1.29, 1.82) is 0 Å². The molecule has 34 heavy (non-hydrogen) atoms. The lowest BCUT2D eigenvalue weighted by Crippen LogP contribution is -2.27. The molecule has 0 bridgehead atoms. The summed E-state index contributed by atoms with van der Waals surface area (Å²) in [7, 11) is 0. The number of aryl methyl sites for hydroxylation is 1. The van der Waals surface area contributed by atoms with Gasteiger partial charge in [0, 0.05) is 17.7 Å².